The molecule has 150 valence electrons. The lowest BCUT2D eigenvalue weighted by molar-refractivity contribution is -0.118. The summed E-state index contributed by atoms with van der Waals surface area (Å²) in [6.45, 7) is 3.08. The average molecular weight is 402 g/mol. The predicted octanol–water partition coefficient (Wildman–Crippen LogP) is 3.42. The number of anilines is 1. The number of fused-ring (bicyclic) bond motifs is 1. The normalized spacial score (nSPS) is 22.6. The van der Waals surface area contributed by atoms with Gasteiger partial charge in [-0.1, -0.05) is 6.42 Å². The molecule has 1 saturated carbocycles. The number of benzene rings is 1. The molecule has 1 unspecified atom stereocenters. The molecule has 7 heteroatoms. The van der Waals surface area contributed by atoms with E-state index < -0.39 is 0 Å². The van der Waals surface area contributed by atoms with Crippen molar-refractivity contribution in [2.24, 2.45) is 11.3 Å². The van der Waals surface area contributed by atoms with E-state index in [1.54, 1.807) is 0 Å². The van der Waals surface area contributed by atoms with Crippen molar-refractivity contribution in [2.75, 3.05) is 18.4 Å². The lowest BCUT2D eigenvalue weighted by Crippen LogP contribution is -2.31. The number of nitrogens with one attached hydrogen (secondary N) is 2. The van der Waals surface area contributed by atoms with Crippen LogP contribution < -0.4 is 10.6 Å². The molecule has 1 aromatic heterocycles. The first-order chi connectivity index (χ1) is 13.3. The van der Waals surface area contributed by atoms with Crippen LogP contribution in [-0.2, 0) is 17.8 Å². The number of piperidine rings is 1. The first kappa shape index (κ1) is 19.4. The van der Waals surface area contributed by atoms with E-state index in [4.69, 9.17) is 0 Å². The topological polar surface area (TPSA) is 71.8 Å². The zero-order chi connectivity index (χ0) is 18.3. The molecule has 0 radical (unpaired) electrons. The van der Waals surface area contributed by atoms with E-state index in [1.807, 2.05) is 24.3 Å². The van der Waals surface area contributed by atoms with Crippen LogP contribution in [0.4, 0.5) is 5.69 Å². The Bertz CT molecular complexity index is 841. The van der Waals surface area contributed by atoms with Crippen LogP contribution in [0.25, 0.3) is 11.4 Å². The maximum Gasteiger partial charge on any atom is 0.228 e. The molecule has 0 bridgehead atoms. The third kappa shape index (κ3) is 3.55. The molecule has 2 N–H and O–H groups in total. The Kier molecular flexibility index (Phi) is 5.43. The van der Waals surface area contributed by atoms with Crippen LogP contribution in [0.5, 0.6) is 0 Å². The molecular formula is C21H28ClN5O. The van der Waals surface area contributed by atoms with Crippen LogP contribution in [0.2, 0.25) is 0 Å². The van der Waals surface area contributed by atoms with E-state index in [-0.39, 0.29) is 29.6 Å². The van der Waals surface area contributed by atoms with Crippen LogP contribution in [0.1, 0.15) is 44.3 Å². The Morgan fingerprint density at radius 2 is 1.89 bits per heavy atom. The van der Waals surface area contributed by atoms with E-state index >= 15 is 0 Å². The highest BCUT2D eigenvalue weighted by molar-refractivity contribution is 5.95. The highest BCUT2D eigenvalue weighted by Crippen LogP contribution is 2.58. The summed E-state index contributed by atoms with van der Waals surface area (Å²) in [5.41, 5.74) is 2.21. The minimum absolute atomic E-state index is 0. The van der Waals surface area contributed by atoms with Gasteiger partial charge in [-0.05, 0) is 74.9 Å². The molecule has 5 rings (SSSR count). The molecule has 1 atom stereocenters. The zero-order valence-electron chi connectivity index (χ0n) is 16.1. The number of hydrogen-bond donors (Lipinski definition) is 2. The van der Waals surface area contributed by atoms with Crippen LogP contribution in [0.15, 0.2) is 24.3 Å². The van der Waals surface area contributed by atoms with E-state index in [2.05, 4.69) is 25.4 Å². The first-order valence-electron chi connectivity index (χ1n) is 10.3. The van der Waals surface area contributed by atoms with Crippen LogP contribution >= 0.6 is 12.4 Å². The highest BCUT2D eigenvalue weighted by Gasteiger charge is 2.57. The number of amides is 1. The number of rotatable bonds is 3. The number of hydrogen-bond acceptors (Lipinski definition) is 4. The third-order valence-electron chi connectivity index (χ3n) is 6.63. The molecular weight excluding hydrogens is 374 g/mol. The molecule has 2 fully saturated rings. The first-order valence-corrected chi connectivity index (χ1v) is 10.3. The average Bonchev–Trinajstić information content (AvgIpc) is 3.32. The van der Waals surface area contributed by atoms with Crippen molar-refractivity contribution in [3.63, 3.8) is 0 Å². The van der Waals surface area contributed by atoms with Gasteiger partial charge in [-0.3, -0.25) is 4.79 Å². The molecule has 3 aliphatic rings. The van der Waals surface area contributed by atoms with Gasteiger partial charge in [-0.2, -0.15) is 0 Å². The maximum absolute atomic E-state index is 12.6. The quantitative estimate of drug-likeness (QED) is 0.826. The predicted molar refractivity (Wildman–Crippen MR) is 112 cm³/mol. The maximum atomic E-state index is 12.6. The van der Waals surface area contributed by atoms with Gasteiger partial charge in [0.15, 0.2) is 5.82 Å². The standard InChI is InChI=1S/C21H27N5O.ClH/c27-20(17-14-21(17)9-11-22-12-10-21)23-16-7-5-15(6-8-16)19-25-24-18-4-2-1-3-13-26(18)19;/h5-8,17,22H,1-4,9-14H2,(H,23,27);1H. The monoisotopic (exact) mass is 401 g/mol. The number of aromatic nitrogens is 3. The lowest BCUT2D eigenvalue weighted by Gasteiger charge is -2.23. The number of carbonyl (C=O) groups is 1. The summed E-state index contributed by atoms with van der Waals surface area (Å²) in [6.07, 6.45) is 7.95. The van der Waals surface area contributed by atoms with Crippen molar-refractivity contribution in [2.45, 2.75) is 51.5 Å². The van der Waals surface area contributed by atoms with Gasteiger partial charge >= 0.3 is 0 Å². The second-order valence-electron chi connectivity index (χ2n) is 8.34. The van der Waals surface area contributed by atoms with Gasteiger partial charge in [0, 0.05) is 30.1 Å². The summed E-state index contributed by atoms with van der Waals surface area (Å²) in [4.78, 5) is 12.6. The van der Waals surface area contributed by atoms with Crippen molar-refractivity contribution in [1.82, 2.24) is 20.1 Å². The molecule has 1 amide bonds. The van der Waals surface area contributed by atoms with Gasteiger partial charge in [0.25, 0.3) is 0 Å². The van der Waals surface area contributed by atoms with E-state index in [1.165, 1.54) is 19.3 Å². The van der Waals surface area contributed by atoms with E-state index in [0.717, 1.165) is 68.2 Å². The highest BCUT2D eigenvalue weighted by atomic mass is 35.5. The zero-order valence-corrected chi connectivity index (χ0v) is 16.9. The van der Waals surface area contributed by atoms with Gasteiger partial charge in [-0.25, -0.2) is 0 Å². The Labute approximate surface area is 171 Å². The van der Waals surface area contributed by atoms with Crippen molar-refractivity contribution in [3.05, 3.63) is 30.1 Å². The van der Waals surface area contributed by atoms with E-state index in [9.17, 15) is 4.79 Å². The van der Waals surface area contributed by atoms with Crippen LogP contribution in [0.3, 0.4) is 0 Å². The van der Waals surface area contributed by atoms with Gasteiger partial charge in [0.1, 0.15) is 5.82 Å². The number of aryl methyl sites for hydroxylation is 1. The van der Waals surface area contributed by atoms with Crippen molar-refractivity contribution in [1.29, 1.82) is 0 Å². The fourth-order valence-corrected chi connectivity index (χ4v) is 4.83. The smallest absolute Gasteiger partial charge is 0.228 e. The fraction of sp³-hybridized carbons (Fsp3) is 0.571. The Balaban J connectivity index is 0.00000192. The molecule has 1 saturated heterocycles. The third-order valence-corrected chi connectivity index (χ3v) is 6.63. The largest absolute Gasteiger partial charge is 0.326 e. The molecule has 1 aromatic carbocycles. The fourth-order valence-electron chi connectivity index (χ4n) is 4.83. The molecule has 3 heterocycles. The number of carbonyl (C=O) groups excluding carboxylic acids is 1. The summed E-state index contributed by atoms with van der Waals surface area (Å²) in [6, 6.07) is 8.07. The molecule has 28 heavy (non-hydrogen) atoms. The van der Waals surface area contributed by atoms with Gasteiger partial charge in [0.2, 0.25) is 5.91 Å². The summed E-state index contributed by atoms with van der Waals surface area (Å²) in [5, 5.41) is 15.3. The Morgan fingerprint density at radius 3 is 2.68 bits per heavy atom. The second-order valence-corrected chi connectivity index (χ2v) is 8.34. The van der Waals surface area contributed by atoms with Crippen molar-refractivity contribution < 1.29 is 4.79 Å². The molecule has 6 nitrogen and oxygen atoms in total. The van der Waals surface area contributed by atoms with Crippen molar-refractivity contribution >= 4 is 24.0 Å². The second kappa shape index (κ2) is 7.84. The Hall–Kier alpha value is -1.92. The Morgan fingerprint density at radius 1 is 1.11 bits per heavy atom. The summed E-state index contributed by atoms with van der Waals surface area (Å²) in [5.74, 6) is 2.41. The van der Waals surface area contributed by atoms with Crippen molar-refractivity contribution in [3.8, 4) is 11.4 Å². The molecule has 1 spiro atoms. The minimum Gasteiger partial charge on any atom is -0.326 e. The SMILES string of the molecule is Cl.O=C(Nc1ccc(-c2nnc3n2CCCCC3)cc1)C1CC12CCNCC2. The molecule has 1 aliphatic carbocycles. The summed E-state index contributed by atoms with van der Waals surface area (Å²) in [7, 11) is 0. The number of halogens is 1. The van der Waals surface area contributed by atoms with Gasteiger partial charge < -0.3 is 15.2 Å². The van der Waals surface area contributed by atoms with Gasteiger partial charge in [0.05, 0.1) is 0 Å². The summed E-state index contributed by atoms with van der Waals surface area (Å²) >= 11 is 0. The van der Waals surface area contributed by atoms with Crippen LogP contribution in [0, 0.1) is 11.3 Å². The summed E-state index contributed by atoms with van der Waals surface area (Å²) < 4.78 is 2.26. The van der Waals surface area contributed by atoms with Gasteiger partial charge in [-0.15, -0.1) is 22.6 Å². The molecule has 2 aliphatic heterocycles. The lowest BCUT2D eigenvalue weighted by atomic mass is 9.92. The van der Waals surface area contributed by atoms with E-state index in [0.29, 0.717) is 0 Å². The number of nitrogens with zero attached hydrogens (tertiary/aromatic N) is 3. The minimum atomic E-state index is 0. The molecule has 2 aromatic rings. The van der Waals surface area contributed by atoms with Crippen LogP contribution in [-0.4, -0.2) is 33.8 Å².